The van der Waals surface area contributed by atoms with Crippen LogP contribution in [0.15, 0.2) is 48.5 Å². The van der Waals surface area contributed by atoms with Crippen LogP contribution in [0.1, 0.15) is 39.7 Å². The Morgan fingerprint density at radius 1 is 1.03 bits per heavy atom. The van der Waals surface area contributed by atoms with E-state index in [0.29, 0.717) is 11.4 Å². The monoisotopic (exact) mass is 532 g/mol. The number of esters is 1. The second-order valence-corrected chi connectivity index (χ2v) is 9.85. The lowest BCUT2D eigenvalue weighted by molar-refractivity contribution is -0.143. The summed E-state index contributed by atoms with van der Waals surface area (Å²) in [5.41, 5.74) is 1.90. The largest absolute Gasteiger partial charge is 0.480 e. The number of carbonyl (C=O) groups is 4. The van der Waals surface area contributed by atoms with Crippen molar-refractivity contribution < 1.29 is 33.8 Å². The zero-order chi connectivity index (χ0) is 27.6. The van der Waals surface area contributed by atoms with Crippen molar-refractivity contribution in [2.75, 3.05) is 19.7 Å². The number of aliphatic carboxylic acids is 1. The van der Waals surface area contributed by atoms with Gasteiger partial charge in [0.2, 0.25) is 5.91 Å². The number of hydrogen-bond donors (Lipinski definition) is 2. The molecule has 200 valence electrons. The molecule has 0 saturated carbocycles. The molecule has 0 heterocycles. The van der Waals surface area contributed by atoms with Gasteiger partial charge in [-0.2, -0.15) is 0 Å². The summed E-state index contributed by atoms with van der Waals surface area (Å²) in [6.07, 6.45) is -0.712. The SMILES string of the molecule is CCOC(=O)CC(Cc1ccc(-c2cccc(Cl)c2)cc1)NC(=O)CN(CC(=O)O)C(=O)OC(C)(C)C. The summed E-state index contributed by atoms with van der Waals surface area (Å²) in [5, 5.41) is 12.5. The van der Waals surface area contributed by atoms with Crippen molar-refractivity contribution in [1.82, 2.24) is 10.2 Å². The quantitative estimate of drug-likeness (QED) is 0.413. The zero-order valence-electron chi connectivity index (χ0n) is 21.5. The van der Waals surface area contributed by atoms with Gasteiger partial charge in [0.25, 0.3) is 0 Å². The molecule has 0 aliphatic rings. The van der Waals surface area contributed by atoms with E-state index >= 15 is 0 Å². The van der Waals surface area contributed by atoms with Gasteiger partial charge in [0.1, 0.15) is 18.7 Å². The minimum absolute atomic E-state index is 0.0962. The number of carboxylic acids is 1. The first-order chi connectivity index (χ1) is 17.4. The topological polar surface area (TPSA) is 122 Å². The molecule has 0 radical (unpaired) electrons. The molecule has 1 unspecified atom stereocenters. The molecule has 2 N–H and O–H groups in total. The van der Waals surface area contributed by atoms with Crippen LogP contribution in [0, 0.1) is 0 Å². The maximum absolute atomic E-state index is 12.8. The highest BCUT2D eigenvalue weighted by Crippen LogP contribution is 2.23. The third kappa shape index (κ3) is 10.9. The Labute approximate surface area is 221 Å². The molecule has 0 bridgehead atoms. The lowest BCUT2D eigenvalue weighted by Gasteiger charge is -2.27. The van der Waals surface area contributed by atoms with Gasteiger partial charge < -0.3 is 19.9 Å². The number of halogens is 1. The van der Waals surface area contributed by atoms with Gasteiger partial charge in [-0.15, -0.1) is 0 Å². The number of hydrogen-bond acceptors (Lipinski definition) is 6. The van der Waals surface area contributed by atoms with Gasteiger partial charge in [-0.05, 0) is 62.9 Å². The van der Waals surface area contributed by atoms with Crippen LogP contribution in [0.3, 0.4) is 0 Å². The Morgan fingerprint density at radius 3 is 2.27 bits per heavy atom. The molecule has 1 atom stereocenters. The second-order valence-electron chi connectivity index (χ2n) is 9.42. The van der Waals surface area contributed by atoms with Crippen LogP contribution in [-0.4, -0.2) is 65.3 Å². The summed E-state index contributed by atoms with van der Waals surface area (Å²) in [6.45, 7) is 5.53. The van der Waals surface area contributed by atoms with Gasteiger partial charge in [0.05, 0.1) is 13.0 Å². The van der Waals surface area contributed by atoms with Crippen molar-refractivity contribution >= 4 is 35.5 Å². The summed E-state index contributed by atoms with van der Waals surface area (Å²) >= 11 is 6.08. The lowest BCUT2D eigenvalue weighted by atomic mass is 9.99. The van der Waals surface area contributed by atoms with Crippen LogP contribution < -0.4 is 5.32 Å². The van der Waals surface area contributed by atoms with Crippen LogP contribution in [0.25, 0.3) is 11.1 Å². The van der Waals surface area contributed by atoms with Gasteiger partial charge >= 0.3 is 18.0 Å². The fourth-order valence-electron chi connectivity index (χ4n) is 3.50. The van der Waals surface area contributed by atoms with Crippen molar-refractivity contribution in [3.05, 3.63) is 59.1 Å². The van der Waals surface area contributed by atoms with Gasteiger partial charge in [-0.1, -0.05) is 48.0 Å². The highest BCUT2D eigenvalue weighted by atomic mass is 35.5. The number of rotatable bonds is 11. The van der Waals surface area contributed by atoms with Crippen LogP contribution in [-0.2, 0) is 30.3 Å². The molecule has 2 aromatic rings. The summed E-state index contributed by atoms with van der Waals surface area (Å²) < 4.78 is 10.3. The summed E-state index contributed by atoms with van der Waals surface area (Å²) in [5.74, 6) is -2.41. The van der Waals surface area contributed by atoms with Crippen molar-refractivity contribution in [1.29, 1.82) is 0 Å². The third-order valence-electron chi connectivity index (χ3n) is 4.99. The number of benzene rings is 2. The number of carboxylic acid groups (broad SMARTS) is 1. The smallest absolute Gasteiger partial charge is 0.411 e. The Kier molecular flexibility index (Phi) is 10.9. The molecule has 37 heavy (non-hydrogen) atoms. The van der Waals surface area contributed by atoms with E-state index in [4.69, 9.17) is 26.2 Å². The van der Waals surface area contributed by atoms with Gasteiger partial charge in [0, 0.05) is 11.1 Å². The number of amides is 2. The molecule has 2 amide bonds. The van der Waals surface area contributed by atoms with Gasteiger partial charge in [0.15, 0.2) is 0 Å². The molecule has 10 heteroatoms. The molecule has 2 rings (SSSR count). The highest BCUT2D eigenvalue weighted by Gasteiger charge is 2.27. The average Bonchev–Trinajstić information content (AvgIpc) is 2.77. The van der Waals surface area contributed by atoms with Crippen LogP contribution in [0.2, 0.25) is 5.02 Å². The van der Waals surface area contributed by atoms with Crippen LogP contribution >= 0.6 is 11.6 Å². The standard InChI is InChI=1S/C27H33ClN2O7/c1-5-36-25(34)15-22(13-18-9-11-19(12-10-18)20-7-6-8-21(28)14-20)29-23(31)16-30(17-24(32)33)26(35)37-27(2,3)4/h6-12,14,22H,5,13,15-17H2,1-4H3,(H,29,31)(H,32,33). The van der Waals surface area contributed by atoms with Crippen LogP contribution in [0.4, 0.5) is 4.79 Å². The molecule has 0 spiro atoms. The van der Waals surface area contributed by atoms with Crippen molar-refractivity contribution in [3.8, 4) is 11.1 Å². The van der Waals surface area contributed by atoms with E-state index in [9.17, 15) is 19.2 Å². The molecule has 2 aromatic carbocycles. The van der Waals surface area contributed by atoms with E-state index in [1.165, 1.54) is 0 Å². The second kappa shape index (κ2) is 13.6. The van der Waals surface area contributed by atoms with Gasteiger partial charge in [-0.3, -0.25) is 19.3 Å². The summed E-state index contributed by atoms with van der Waals surface area (Å²) in [7, 11) is 0. The van der Waals surface area contributed by atoms with Crippen LogP contribution in [0.5, 0.6) is 0 Å². The molecule has 0 aliphatic carbocycles. The molecular formula is C27H33ClN2O7. The van der Waals surface area contributed by atoms with E-state index in [2.05, 4.69) is 5.32 Å². The molecular weight excluding hydrogens is 500 g/mol. The van der Waals surface area contributed by atoms with E-state index in [-0.39, 0.29) is 13.0 Å². The minimum atomic E-state index is -1.29. The van der Waals surface area contributed by atoms with E-state index in [1.807, 2.05) is 42.5 Å². The molecule has 0 aliphatic heterocycles. The Morgan fingerprint density at radius 2 is 1.70 bits per heavy atom. The van der Waals surface area contributed by atoms with E-state index < -0.39 is 48.7 Å². The van der Waals surface area contributed by atoms with Crippen molar-refractivity contribution in [2.24, 2.45) is 0 Å². The average molecular weight is 533 g/mol. The minimum Gasteiger partial charge on any atom is -0.480 e. The first-order valence-corrected chi connectivity index (χ1v) is 12.2. The molecule has 0 saturated heterocycles. The van der Waals surface area contributed by atoms with Crippen molar-refractivity contribution in [3.63, 3.8) is 0 Å². The highest BCUT2D eigenvalue weighted by molar-refractivity contribution is 6.30. The first-order valence-electron chi connectivity index (χ1n) is 11.9. The summed E-state index contributed by atoms with van der Waals surface area (Å²) in [4.78, 5) is 49.4. The van der Waals surface area contributed by atoms with Crippen molar-refractivity contribution in [2.45, 2.75) is 52.2 Å². The Balaban J connectivity index is 2.14. The molecule has 0 fully saturated rings. The first kappa shape index (κ1) is 29.6. The van der Waals surface area contributed by atoms with Gasteiger partial charge in [-0.25, -0.2) is 4.79 Å². The van der Waals surface area contributed by atoms with E-state index in [0.717, 1.165) is 21.6 Å². The normalized spacial score (nSPS) is 11.8. The fraction of sp³-hybridized carbons (Fsp3) is 0.407. The number of ether oxygens (including phenoxy) is 2. The summed E-state index contributed by atoms with van der Waals surface area (Å²) in [6, 6.07) is 14.4. The number of nitrogens with one attached hydrogen (secondary N) is 1. The Hall–Kier alpha value is -3.59. The number of carbonyl (C=O) groups excluding carboxylic acids is 3. The maximum Gasteiger partial charge on any atom is 0.411 e. The molecule has 9 nitrogen and oxygen atoms in total. The predicted octanol–water partition coefficient (Wildman–Crippen LogP) is 4.31. The predicted molar refractivity (Wildman–Crippen MR) is 139 cm³/mol. The van der Waals surface area contributed by atoms with E-state index in [1.54, 1.807) is 33.8 Å². The zero-order valence-corrected chi connectivity index (χ0v) is 22.2. The third-order valence-corrected chi connectivity index (χ3v) is 5.22. The number of nitrogens with zero attached hydrogens (tertiary/aromatic N) is 1. The Bertz CT molecular complexity index is 1100. The molecule has 0 aromatic heterocycles. The fourth-order valence-corrected chi connectivity index (χ4v) is 3.69. The lowest BCUT2D eigenvalue weighted by Crippen LogP contribution is -2.48. The maximum atomic E-state index is 12.8.